The highest BCUT2D eigenvalue weighted by atomic mass is 35.5. The number of alkyl halides is 3. The maximum absolute atomic E-state index is 14.3. The van der Waals surface area contributed by atoms with Crippen LogP contribution in [0.3, 0.4) is 0 Å². The van der Waals surface area contributed by atoms with Crippen molar-refractivity contribution in [1.29, 1.82) is 0 Å². The lowest BCUT2D eigenvalue weighted by Crippen LogP contribution is -2.53. The number of hydrogen-bond acceptors (Lipinski definition) is 5. The fourth-order valence-electron chi connectivity index (χ4n) is 5.44. The predicted molar refractivity (Wildman–Crippen MR) is 153 cm³/mol. The van der Waals surface area contributed by atoms with Crippen LogP contribution in [-0.4, -0.2) is 111 Å². The minimum Gasteiger partial charge on any atom is -0.339 e. The van der Waals surface area contributed by atoms with Crippen LogP contribution in [0.1, 0.15) is 22.6 Å². The molecule has 2 fully saturated rings. The summed E-state index contributed by atoms with van der Waals surface area (Å²) in [5, 5.41) is 0.739. The molecule has 0 aromatic heterocycles. The summed E-state index contributed by atoms with van der Waals surface area (Å²) in [7, 11) is 1.21. The molecule has 0 radical (unpaired) electrons. The molecule has 2 aromatic carbocycles. The maximum Gasteiger partial charge on any atom is 0.419 e. The minimum atomic E-state index is -4.78. The zero-order chi connectivity index (χ0) is 31.0. The molecule has 15 heteroatoms. The molecule has 1 unspecified atom stereocenters. The van der Waals surface area contributed by atoms with Gasteiger partial charge in [0.25, 0.3) is 10.2 Å². The molecule has 8 nitrogen and oxygen atoms in total. The van der Waals surface area contributed by atoms with Gasteiger partial charge in [-0.1, -0.05) is 35.3 Å². The largest absolute Gasteiger partial charge is 0.419 e. The summed E-state index contributed by atoms with van der Waals surface area (Å²) < 4.78 is 80.7. The van der Waals surface area contributed by atoms with E-state index in [0.29, 0.717) is 41.8 Å². The molecule has 2 heterocycles. The Morgan fingerprint density at radius 3 is 2.21 bits per heavy atom. The number of likely N-dealkylation sites (N-methyl/N-ethyl adjacent to an activating group) is 1. The number of rotatable bonds is 8. The molecular weight excluding hydrogens is 621 g/mol. The third-order valence-electron chi connectivity index (χ3n) is 7.83. The van der Waals surface area contributed by atoms with Gasteiger partial charge in [0.2, 0.25) is 5.91 Å². The second-order valence-electron chi connectivity index (χ2n) is 10.8. The summed E-state index contributed by atoms with van der Waals surface area (Å²) in [5.74, 6) is -1.66. The van der Waals surface area contributed by atoms with E-state index in [1.807, 2.05) is 15.9 Å². The number of amides is 1. The number of carbonyl (C=O) groups excluding carboxylic acids is 1. The first-order valence-corrected chi connectivity index (χ1v) is 15.4. The van der Waals surface area contributed by atoms with Crippen LogP contribution in [-0.2, 0) is 27.7 Å². The van der Waals surface area contributed by atoms with Crippen molar-refractivity contribution in [2.24, 2.45) is 0 Å². The molecule has 2 aromatic rings. The number of likely N-dealkylation sites (tertiary alicyclic amines) is 1. The van der Waals surface area contributed by atoms with E-state index in [-0.39, 0.29) is 44.0 Å². The van der Waals surface area contributed by atoms with Crippen LogP contribution in [0.4, 0.5) is 17.6 Å². The summed E-state index contributed by atoms with van der Waals surface area (Å²) in [6, 6.07) is 7.88. The highest BCUT2D eigenvalue weighted by molar-refractivity contribution is 7.86. The van der Waals surface area contributed by atoms with E-state index in [2.05, 4.69) is 0 Å². The van der Waals surface area contributed by atoms with Crippen molar-refractivity contribution in [3.05, 3.63) is 69.0 Å². The second kappa shape index (κ2) is 12.9. The molecule has 0 aliphatic carbocycles. The van der Waals surface area contributed by atoms with Crippen LogP contribution in [0.5, 0.6) is 0 Å². The monoisotopic (exact) mass is 653 g/mol. The Morgan fingerprint density at radius 1 is 0.976 bits per heavy atom. The number of hydrogen-bond donors (Lipinski definition) is 0. The van der Waals surface area contributed by atoms with Gasteiger partial charge in [-0.05, 0) is 42.4 Å². The van der Waals surface area contributed by atoms with Crippen LogP contribution in [0.15, 0.2) is 36.4 Å². The van der Waals surface area contributed by atoms with E-state index in [1.54, 1.807) is 24.1 Å². The molecule has 0 N–H and O–H groups in total. The number of nitrogens with zero attached hydrogens (tertiary/aromatic N) is 5. The summed E-state index contributed by atoms with van der Waals surface area (Å²) >= 11 is 12.4. The van der Waals surface area contributed by atoms with Gasteiger partial charge in [0.05, 0.1) is 22.2 Å². The molecule has 2 aliphatic heterocycles. The van der Waals surface area contributed by atoms with Gasteiger partial charge in [-0.25, -0.2) is 4.39 Å². The van der Waals surface area contributed by atoms with E-state index in [4.69, 9.17) is 23.2 Å². The molecule has 2 atom stereocenters. The second-order valence-corrected chi connectivity index (χ2v) is 13.8. The van der Waals surface area contributed by atoms with Gasteiger partial charge in [0, 0.05) is 71.9 Å². The molecule has 0 spiro atoms. The lowest BCUT2D eigenvalue weighted by molar-refractivity contribution is -0.140. The van der Waals surface area contributed by atoms with Gasteiger partial charge in [-0.2, -0.15) is 30.2 Å². The summed E-state index contributed by atoms with van der Waals surface area (Å²) in [4.78, 5) is 19.0. The average molecular weight is 655 g/mol. The van der Waals surface area contributed by atoms with E-state index >= 15 is 0 Å². The standard InChI is InChI=1S/C27H33Cl2F4N5O3S/c1-34(2)42(40,41)38-10-8-36(9-11-38)17-26(39)37-15-20(19-5-7-22(28)23(29)13-19)25(16-37)35(3)14-18-4-6-21(24(30)12-18)27(31,32)33/h4-7,12-13,20,25H,8-11,14-17H2,1-3H3/t20-,25?/m1/s1. The van der Waals surface area contributed by atoms with E-state index in [1.165, 1.54) is 24.5 Å². The topological polar surface area (TPSA) is 67.4 Å². The molecule has 2 saturated heterocycles. The summed E-state index contributed by atoms with van der Waals surface area (Å²) in [5.41, 5.74) is -0.107. The Bertz CT molecular complexity index is 1400. The lowest BCUT2D eigenvalue weighted by atomic mass is 9.93. The highest BCUT2D eigenvalue weighted by Gasteiger charge is 2.40. The van der Waals surface area contributed by atoms with Crippen molar-refractivity contribution in [3.63, 3.8) is 0 Å². The van der Waals surface area contributed by atoms with E-state index in [0.717, 1.165) is 22.0 Å². The summed E-state index contributed by atoms with van der Waals surface area (Å²) in [6.07, 6.45) is -4.78. The third-order valence-corrected chi connectivity index (χ3v) is 10.5. The van der Waals surface area contributed by atoms with Gasteiger partial charge < -0.3 is 4.90 Å². The van der Waals surface area contributed by atoms with Crippen molar-refractivity contribution >= 4 is 39.3 Å². The normalized spacial score (nSPS) is 21.1. The van der Waals surface area contributed by atoms with Crippen molar-refractivity contribution in [3.8, 4) is 0 Å². The third kappa shape index (κ3) is 7.37. The van der Waals surface area contributed by atoms with E-state index < -0.39 is 27.8 Å². The molecule has 42 heavy (non-hydrogen) atoms. The van der Waals surface area contributed by atoms with Crippen molar-refractivity contribution in [2.45, 2.75) is 24.7 Å². The highest BCUT2D eigenvalue weighted by Crippen LogP contribution is 2.36. The molecule has 0 bridgehead atoms. The van der Waals surface area contributed by atoms with E-state index in [9.17, 15) is 30.8 Å². The summed E-state index contributed by atoms with van der Waals surface area (Å²) in [6.45, 7) is 2.33. The molecule has 1 amide bonds. The molecule has 2 aliphatic rings. The number of halogens is 6. The van der Waals surface area contributed by atoms with Crippen LogP contribution < -0.4 is 0 Å². The van der Waals surface area contributed by atoms with Crippen LogP contribution >= 0.6 is 23.2 Å². The van der Waals surface area contributed by atoms with Gasteiger partial charge in [-0.15, -0.1) is 0 Å². The van der Waals surface area contributed by atoms with Crippen molar-refractivity contribution in [1.82, 2.24) is 23.3 Å². The van der Waals surface area contributed by atoms with Crippen molar-refractivity contribution < 1.29 is 30.8 Å². The maximum atomic E-state index is 14.3. The smallest absolute Gasteiger partial charge is 0.339 e. The average Bonchev–Trinajstić information content (AvgIpc) is 3.36. The Balaban J connectivity index is 1.48. The lowest BCUT2D eigenvalue weighted by Gasteiger charge is -2.35. The molecular formula is C27H33Cl2F4N5O3S. The van der Waals surface area contributed by atoms with Gasteiger partial charge in [0.1, 0.15) is 5.82 Å². The first kappa shape index (κ1) is 32.9. The first-order chi connectivity index (χ1) is 19.6. The van der Waals surface area contributed by atoms with Crippen molar-refractivity contribution in [2.75, 3.05) is 67.0 Å². The number of carbonyl (C=O) groups is 1. The fraction of sp³-hybridized carbons (Fsp3) is 0.519. The molecule has 4 rings (SSSR count). The fourth-order valence-corrected chi connectivity index (χ4v) is 6.83. The zero-order valence-electron chi connectivity index (χ0n) is 23.4. The number of benzene rings is 2. The first-order valence-electron chi connectivity index (χ1n) is 13.3. The van der Waals surface area contributed by atoms with Gasteiger partial charge in [0.15, 0.2) is 0 Å². The van der Waals surface area contributed by atoms with Crippen LogP contribution in [0.25, 0.3) is 0 Å². The van der Waals surface area contributed by atoms with Gasteiger partial charge >= 0.3 is 6.18 Å². The quantitative estimate of drug-likeness (QED) is 0.403. The zero-order valence-corrected chi connectivity index (χ0v) is 25.7. The van der Waals surface area contributed by atoms with Crippen LogP contribution in [0.2, 0.25) is 10.0 Å². The number of piperazine rings is 1. The molecule has 0 saturated carbocycles. The minimum absolute atomic E-state index is 0.116. The van der Waals surface area contributed by atoms with Gasteiger partial charge in [-0.3, -0.25) is 14.6 Å². The Labute approximate surface area is 253 Å². The molecule has 232 valence electrons. The SMILES string of the molecule is CN(Cc1ccc(C(F)(F)F)c(F)c1)C1CN(C(=O)CN2CCN(S(=O)(=O)N(C)C)CC2)C[C@@H]1c1ccc(Cl)c(Cl)c1. The Kier molecular flexibility index (Phi) is 10.1. The van der Waals surface area contributed by atoms with Crippen LogP contribution in [0, 0.1) is 5.82 Å². The predicted octanol–water partition coefficient (Wildman–Crippen LogP) is 4.00. The Morgan fingerprint density at radius 2 is 1.64 bits per heavy atom. The Hall–Kier alpha value is -2.00.